The average Bonchev–Trinajstić information content (AvgIpc) is 3.43. The summed E-state index contributed by atoms with van der Waals surface area (Å²) < 4.78 is 16.0. The lowest BCUT2D eigenvalue weighted by molar-refractivity contribution is -0.118. The molecule has 2 atom stereocenters. The van der Waals surface area contributed by atoms with Gasteiger partial charge in [-0.3, -0.25) is 19.2 Å². The Morgan fingerprint density at radius 2 is 1.16 bits per heavy atom. The Morgan fingerprint density at radius 3 is 1.68 bits per heavy atom. The second-order valence-corrected chi connectivity index (χ2v) is 11.6. The van der Waals surface area contributed by atoms with E-state index >= 15 is 0 Å². The van der Waals surface area contributed by atoms with Crippen LogP contribution in [-0.2, 0) is 14.3 Å². The predicted octanol–water partition coefficient (Wildman–Crippen LogP) is 4.43. The molecule has 13 heteroatoms. The van der Waals surface area contributed by atoms with Gasteiger partial charge in [0, 0.05) is 17.3 Å². The Kier molecular flexibility index (Phi) is 10.7. The standard InChI is InChI=1S/C37H37N5O8/c1-20(34(44)41-22-13-15-31(48-3)28(17-22)33(38)43)39-36(46)29-18-23(14-16-32(29)49-4)42-35(45)21(2)40-37(47)50-19-30-26-11-7-5-9-24(26)25-10-6-8-12-27(25)30/h5-18,20-21,30H,19H2,1-4H3,(H2,38,43)(H,39,46)(H,40,47)(H,41,44)(H,42,45)/t20-,21-/m0/s1. The van der Waals surface area contributed by atoms with Gasteiger partial charge in [-0.25, -0.2) is 4.79 Å². The van der Waals surface area contributed by atoms with Gasteiger partial charge >= 0.3 is 6.09 Å². The van der Waals surface area contributed by atoms with E-state index in [0.29, 0.717) is 0 Å². The molecule has 50 heavy (non-hydrogen) atoms. The molecule has 0 fully saturated rings. The van der Waals surface area contributed by atoms with Gasteiger partial charge in [0.1, 0.15) is 30.2 Å². The molecule has 258 valence electrons. The molecule has 0 aliphatic heterocycles. The minimum Gasteiger partial charge on any atom is -0.496 e. The van der Waals surface area contributed by atoms with Crippen LogP contribution in [0.15, 0.2) is 84.9 Å². The molecule has 0 radical (unpaired) electrons. The van der Waals surface area contributed by atoms with Crippen molar-refractivity contribution in [1.29, 1.82) is 0 Å². The molecule has 0 aromatic heterocycles. The van der Waals surface area contributed by atoms with Crippen LogP contribution < -0.4 is 36.5 Å². The molecule has 13 nitrogen and oxygen atoms in total. The molecule has 5 amide bonds. The van der Waals surface area contributed by atoms with Gasteiger partial charge in [-0.15, -0.1) is 0 Å². The molecule has 0 saturated heterocycles. The van der Waals surface area contributed by atoms with E-state index in [1.165, 1.54) is 64.5 Å². The summed E-state index contributed by atoms with van der Waals surface area (Å²) in [6.07, 6.45) is -0.753. The van der Waals surface area contributed by atoms with Gasteiger partial charge < -0.3 is 41.2 Å². The summed E-state index contributed by atoms with van der Waals surface area (Å²) in [4.78, 5) is 63.6. The second kappa shape index (κ2) is 15.2. The highest BCUT2D eigenvalue weighted by Gasteiger charge is 2.29. The molecule has 4 aromatic rings. The zero-order valence-corrected chi connectivity index (χ0v) is 27.9. The van der Waals surface area contributed by atoms with E-state index in [-0.39, 0.29) is 46.5 Å². The Labute approximate surface area is 288 Å². The van der Waals surface area contributed by atoms with E-state index in [9.17, 15) is 24.0 Å². The normalized spacial score (nSPS) is 12.7. The number of anilines is 2. The minimum absolute atomic E-state index is 0.0440. The first-order valence-electron chi connectivity index (χ1n) is 15.7. The number of carbonyl (C=O) groups is 5. The van der Waals surface area contributed by atoms with E-state index in [1.54, 1.807) is 0 Å². The van der Waals surface area contributed by atoms with Gasteiger partial charge in [-0.05, 0) is 72.5 Å². The number of ether oxygens (including phenoxy) is 3. The summed E-state index contributed by atoms with van der Waals surface area (Å²) in [5.41, 5.74) is 10.4. The third kappa shape index (κ3) is 7.67. The molecular formula is C37H37N5O8. The number of primary amides is 1. The third-order valence-electron chi connectivity index (χ3n) is 8.26. The van der Waals surface area contributed by atoms with Crippen molar-refractivity contribution in [2.24, 2.45) is 5.73 Å². The number of hydrogen-bond acceptors (Lipinski definition) is 8. The quantitative estimate of drug-likeness (QED) is 0.146. The Morgan fingerprint density at radius 1 is 0.680 bits per heavy atom. The van der Waals surface area contributed by atoms with Crippen LogP contribution in [0.2, 0.25) is 0 Å². The van der Waals surface area contributed by atoms with E-state index in [1.807, 2.05) is 48.5 Å². The van der Waals surface area contributed by atoms with Crippen molar-refractivity contribution in [3.8, 4) is 22.6 Å². The van der Waals surface area contributed by atoms with Crippen LogP contribution in [-0.4, -0.2) is 62.6 Å². The van der Waals surface area contributed by atoms with Crippen molar-refractivity contribution in [1.82, 2.24) is 10.6 Å². The smallest absolute Gasteiger partial charge is 0.407 e. The van der Waals surface area contributed by atoms with Gasteiger partial charge in [0.2, 0.25) is 11.8 Å². The number of hydrogen-bond donors (Lipinski definition) is 5. The van der Waals surface area contributed by atoms with Crippen molar-refractivity contribution >= 4 is 41.1 Å². The number of carbonyl (C=O) groups excluding carboxylic acids is 5. The first-order chi connectivity index (χ1) is 24.0. The van der Waals surface area contributed by atoms with Crippen LogP contribution in [0.3, 0.4) is 0 Å². The monoisotopic (exact) mass is 679 g/mol. The molecule has 0 heterocycles. The average molecular weight is 680 g/mol. The predicted molar refractivity (Wildman–Crippen MR) is 186 cm³/mol. The molecular weight excluding hydrogens is 642 g/mol. The number of fused-ring (bicyclic) bond motifs is 3. The van der Waals surface area contributed by atoms with Crippen LogP contribution in [0.1, 0.15) is 51.6 Å². The number of nitrogens with one attached hydrogen (secondary N) is 4. The summed E-state index contributed by atoms with van der Waals surface area (Å²) in [6.45, 7) is 3.07. The summed E-state index contributed by atoms with van der Waals surface area (Å²) in [6, 6.07) is 22.7. The van der Waals surface area contributed by atoms with Crippen molar-refractivity contribution in [3.63, 3.8) is 0 Å². The van der Waals surface area contributed by atoms with Crippen LogP contribution in [0.25, 0.3) is 11.1 Å². The van der Waals surface area contributed by atoms with Gasteiger partial charge in [0.25, 0.3) is 11.8 Å². The first-order valence-corrected chi connectivity index (χ1v) is 15.7. The van der Waals surface area contributed by atoms with E-state index in [4.69, 9.17) is 19.9 Å². The Bertz CT molecular complexity index is 1920. The number of nitrogens with two attached hydrogens (primary N) is 1. The topological polar surface area (TPSA) is 187 Å². The highest BCUT2D eigenvalue weighted by Crippen LogP contribution is 2.44. The van der Waals surface area contributed by atoms with Gasteiger partial charge in [-0.2, -0.15) is 0 Å². The Hall–Kier alpha value is -6.37. The van der Waals surface area contributed by atoms with Crippen molar-refractivity contribution in [3.05, 3.63) is 107 Å². The van der Waals surface area contributed by atoms with Crippen LogP contribution in [0, 0.1) is 0 Å². The lowest BCUT2D eigenvalue weighted by Crippen LogP contribution is -2.42. The molecule has 0 spiro atoms. The van der Waals surface area contributed by atoms with E-state index in [0.717, 1.165) is 22.3 Å². The van der Waals surface area contributed by atoms with Gasteiger partial charge in [0.05, 0.1) is 25.3 Å². The minimum atomic E-state index is -1.02. The number of rotatable bonds is 12. The van der Waals surface area contributed by atoms with Crippen LogP contribution in [0.4, 0.5) is 16.2 Å². The SMILES string of the molecule is COc1ccc(NC(=O)[C@H](C)NC(=O)c2cc(NC(=O)[C@H](C)NC(=O)OCC3c4ccccc4-c4ccccc43)ccc2OC)cc1C(N)=O. The summed E-state index contributed by atoms with van der Waals surface area (Å²) in [5.74, 6) is -2.21. The molecule has 4 aromatic carbocycles. The molecule has 0 unspecified atom stereocenters. The molecule has 0 saturated carbocycles. The zero-order chi connectivity index (χ0) is 35.9. The fourth-order valence-electron chi connectivity index (χ4n) is 5.66. The fraction of sp³-hybridized carbons (Fsp3) is 0.216. The number of alkyl carbamates (subject to hydrolysis) is 1. The van der Waals surface area contributed by atoms with Crippen LogP contribution >= 0.6 is 0 Å². The molecule has 1 aliphatic rings. The van der Waals surface area contributed by atoms with Crippen molar-refractivity contribution in [2.75, 3.05) is 31.5 Å². The zero-order valence-electron chi connectivity index (χ0n) is 27.9. The highest BCUT2D eigenvalue weighted by molar-refractivity contribution is 6.04. The summed E-state index contributed by atoms with van der Waals surface area (Å²) in [5, 5.41) is 10.4. The molecule has 6 N–H and O–H groups in total. The first kappa shape index (κ1) is 35.0. The molecule has 1 aliphatic carbocycles. The Balaban J connectivity index is 1.17. The molecule has 5 rings (SSSR count). The maximum atomic E-state index is 13.2. The van der Waals surface area contributed by atoms with Crippen molar-refractivity contribution in [2.45, 2.75) is 31.8 Å². The lowest BCUT2D eigenvalue weighted by Gasteiger charge is -2.18. The lowest BCUT2D eigenvalue weighted by atomic mass is 9.98. The molecule has 0 bridgehead atoms. The fourth-order valence-corrected chi connectivity index (χ4v) is 5.66. The van der Waals surface area contributed by atoms with Gasteiger partial charge in [0.15, 0.2) is 0 Å². The van der Waals surface area contributed by atoms with E-state index < -0.39 is 41.8 Å². The summed E-state index contributed by atoms with van der Waals surface area (Å²) >= 11 is 0. The number of amides is 5. The second-order valence-electron chi connectivity index (χ2n) is 11.6. The summed E-state index contributed by atoms with van der Waals surface area (Å²) in [7, 11) is 2.76. The van der Waals surface area contributed by atoms with E-state index in [2.05, 4.69) is 21.3 Å². The third-order valence-corrected chi connectivity index (χ3v) is 8.26. The number of methoxy groups -OCH3 is 2. The highest BCUT2D eigenvalue weighted by atomic mass is 16.5. The largest absolute Gasteiger partial charge is 0.496 e. The van der Waals surface area contributed by atoms with Gasteiger partial charge in [-0.1, -0.05) is 48.5 Å². The maximum Gasteiger partial charge on any atom is 0.407 e. The van der Waals surface area contributed by atoms with Crippen LogP contribution in [0.5, 0.6) is 11.5 Å². The number of benzene rings is 4. The maximum absolute atomic E-state index is 13.2. The van der Waals surface area contributed by atoms with Crippen molar-refractivity contribution < 1.29 is 38.2 Å².